The molecule has 0 aliphatic carbocycles. The van der Waals surface area contributed by atoms with Crippen molar-refractivity contribution in [1.29, 1.82) is 0 Å². The average Bonchev–Trinajstić information content (AvgIpc) is 3.38. The number of hydrogen-bond acceptors (Lipinski definition) is 2. The van der Waals surface area contributed by atoms with Crippen LogP contribution in [0.5, 0.6) is 0 Å². The van der Waals surface area contributed by atoms with E-state index in [1.165, 1.54) is 80.7 Å². The molecule has 0 saturated carbocycles. The van der Waals surface area contributed by atoms with Gasteiger partial charge < -0.3 is 4.90 Å². The summed E-state index contributed by atoms with van der Waals surface area (Å²) in [5.41, 5.74) is 13.0. The fraction of sp³-hybridized carbons (Fsp3) is 0.0164. The summed E-state index contributed by atoms with van der Waals surface area (Å²) in [6.45, 7) is 0. The predicted molar refractivity (Wildman–Crippen MR) is 272 cm³/mol. The van der Waals surface area contributed by atoms with Gasteiger partial charge in [0.05, 0.1) is 5.41 Å². The van der Waals surface area contributed by atoms with Gasteiger partial charge in [-0.3, -0.25) is 0 Å². The van der Waals surface area contributed by atoms with Crippen molar-refractivity contribution in [3.05, 3.63) is 283 Å². The van der Waals surface area contributed by atoms with Crippen molar-refractivity contribution in [3.63, 3.8) is 0 Å². The molecule has 12 rings (SSSR count). The Bertz CT molecular complexity index is 3110. The molecule has 0 amide bonds. The molecule has 0 saturated heterocycles. The zero-order valence-corrected chi connectivity index (χ0v) is 37.0. The smallest absolute Gasteiger partial charge is 0.182 e. The molecule has 10 aromatic rings. The Kier molecular flexibility index (Phi) is 9.40. The minimum absolute atomic E-state index is 0.597. The van der Waals surface area contributed by atoms with Crippen molar-refractivity contribution in [1.82, 2.24) is 0 Å². The van der Waals surface area contributed by atoms with Crippen molar-refractivity contribution in [2.75, 3.05) is 4.90 Å². The lowest BCUT2D eigenvalue weighted by atomic mass is 9.64. The highest BCUT2D eigenvalue weighted by Crippen LogP contribution is 2.57. The van der Waals surface area contributed by atoms with E-state index in [2.05, 4.69) is 266 Å². The first-order chi connectivity index (χ1) is 31.8. The number of fused-ring (bicyclic) bond motifs is 8. The van der Waals surface area contributed by atoms with Crippen molar-refractivity contribution in [2.24, 2.45) is 0 Å². The van der Waals surface area contributed by atoms with Gasteiger partial charge in [-0.25, -0.2) is 0 Å². The van der Waals surface area contributed by atoms with Gasteiger partial charge in [0.1, 0.15) is 0 Å². The van der Waals surface area contributed by atoms with Crippen LogP contribution in [-0.2, 0) is 5.41 Å². The average molecular weight is 850 g/mol. The van der Waals surface area contributed by atoms with Crippen LogP contribution in [0.1, 0.15) is 22.3 Å². The number of benzene rings is 10. The Morgan fingerprint density at radius 2 is 0.703 bits per heavy atom. The maximum Gasteiger partial charge on any atom is 0.182 e. The van der Waals surface area contributed by atoms with Gasteiger partial charge in [-0.05, 0) is 108 Å². The third-order valence-corrected chi connectivity index (χ3v) is 19.5. The number of rotatable bonds is 7. The third kappa shape index (κ3) is 5.85. The van der Waals surface area contributed by atoms with Crippen LogP contribution in [0.15, 0.2) is 271 Å². The van der Waals surface area contributed by atoms with Crippen LogP contribution in [-0.4, -0.2) is 8.07 Å². The minimum atomic E-state index is -3.18. The SMILES string of the molecule is c1ccc(-c2ccc(N(c3ccc(-c4ccccc4)cc3)c3cccc4c3[Si](c3ccccc3)(c3ccccc3)c3ccccc3C43c4ccccc4Sc4ccccc43)cc2)cc1. The first-order valence-electron chi connectivity index (χ1n) is 22.1. The zero-order valence-electron chi connectivity index (χ0n) is 35.2. The second-order valence-electron chi connectivity index (χ2n) is 16.7. The third-order valence-electron chi connectivity index (χ3n) is 13.5. The molecule has 3 heteroatoms. The van der Waals surface area contributed by atoms with E-state index in [1.807, 2.05) is 11.8 Å². The van der Waals surface area contributed by atoms with Gasteiger partial charge in [0, 0.05) is 26.9 Å². The van der Waals surface area contributed by atoms with E-state index in [1.54, 1.807) is 0 Å². The van der Waals surface area contributed by atoms with Crippen LogP contribution < -0.4 is 25.6 Å². The second-order valence-corrected chi connectivity index (χ2v) is 21.5. The monoisotopic (exact) mass is 849 g/mol. The highest BCUT2D eigenvalue weighted by atomic mass is 32.2. The van der Waals surface area contributed by atoms with Gasteiger partial charge in [-0.1, -0.05) is 230 Å². The molecule has 0 N–H and O–H groups in total. The molecule has 1 nitrogen and oxygen atoms in total. The van der Waals surface area contributed by atoms with Gasteiger partial charge in [-0.15, -0.1) is 0 Å². The summed E-state index contributed by atoms with van der Waals surface area (Å²) < 4.78 is 0. The Hall–Kier alpha value is -7.43. The highest BCUT2D eigenvalue weighted by Gasteiger charge is 2.58. The summed E-state index contributed by atoms with van der Waals surface area (Å²) in [5.74, 6) is 0. The topological polar surface area (TPSA) is 3.24 Å². The number of anilines is 3. The molecule has 0 aromatic heterocycles. The van der Waals surface area contributed by atoms with Crippen molar-refractivity contribution < 1.29 is 0 Å². The van der Waals surface area contributed by atoms with Crippen LogP contribution in [0.25, 0.3) is 22.3 Å². The van der Waals surface area contributed by atoms with Crippen LogP contribution in [0.2, 0.25) is 0 Å². The second kappa shape index (κ2) is 15.7. The maximum atomic E-state index is 2.55. The molecular formula is C61H43NSSi. The molecule has 64 heavy (non-hydrogen) atoms. The first-order valence-corrected chi connectivity index (χ1v) is 24.9. The lowest BCUT2D eigenvalue weighted by Gasteiger charge is -2.52. The molecule has 2 aliphatic heterocycles. The Morgan fingerprint density at radius 1 is 0.312 bits per heavy atom. The fourth-order valence-corrected chi connectivity index (χ4v) is 17.5. The lowest BCUT2D eigenvalue weighted by Crippen LogP contribution is -2.79. The fourth-order valence-electron chi connectivity index (χ4n) is 10.9. The quantitative estimate of drug-likeness (QED) is 0.147. The van der Waals surface area contributed by atoms with Crippen molar-refractivity contribution in [3.8, 4) is 22.3 Å². The molecule has 2 aliphatic rings. The van der Waals surface area contributed by atoms with E-state index in [9.17, 15) is 0 Å². The maximum absolute atomic E-state index is 3.18. The number of nitrogens with zero attached hydrogens (tertiary/aromatic N) is 1. The molecular weight excluding hydrogens is 807 g/mol. The molecule has 10 aromatic carbocycles. The molecule has 0 bridgehead atoms. The predicted octanol–water partition coefficient (Wildman–Crippen LogP) is 13.0. The molecule has 0 atom stereocenters. The summed E-state index contributed by atoms with van der Waals surface area (Å²) >= 11 is 1.90. The van der Waals surface area contributed by atoms with E-state index >= 15 is 0 Å². The standard InChI is InChI=1S/C61H43NSSi/c1-5-20-44(21-6-1)46-36-40-48(41-37-46)62(49-42-38-47(39-43-49)45-22-7-2-8-23-45)56-32-19-31-55-60(56)64(50-24-9-3-10-25-50,51-26-11-4-12-27-51)59-35-18-15-30-54(59)61(55)52-28-13-16-33-57(52)63-58-34-17-14-29-53(58)61/h1-43H. The van der Waals surface area contributed by atoms with Crippen molar-refractivity contribution in [2.45, 2.75) is 15.2 Å². The molecule has 0 unspecified atom stereocenters. The normalized spacial score (nSPS) is 13.8. The summed E-state index contributed by atoms with van der Waals surface area (Å²) in [7, 11) is -3.18. The molecule has 0 radical (unpaired) electrons. The molecule has 302 valence electrons. The lowest BCUT2D eigenvalue weighted by molar-refractivity contribution is 0.707. The zero-order chi connectivity index (χ0) is 42.5. The Morgan fingerprint density at radius 3 is 1.20 bits per heavy atom. The summed E-state index contributed by atoms with van der Waals surface area (Å²) in [6.07, 6.45) is 0. The van der Waals surface area contributed by atoms with Crippen LogP contribution in [0.4, 0.5) is 17.1 Å². The van der Waals surface area contributed by atoms with Crippen molar-refractivity contribution >= 4 is 57.6 Å². The van der Waals surface area contributed by atoms with Gasteiger partial charge in [-0.2, -0.15) is 0 Å². The highest BCUT2D eigenvalue weighted by molar-refractivity contribution is 7.99. The molecule has 0 fully saturated rings. The first kappa shape index (κ1) is 38.3. The molecule has 1 spiro atoms. The van der Waals surface area contributed by atoms with Gasteiger partial charge >= 0.3 is 0 Å². The number of hydrogen-bond donors (Lipinski definition) is 0. The minimum Gasteiger partial charge on any atom is -0.311 e. The largest absolute Gasteiger partial charge is 0.311 e. The summed E-state index contributed by atoms with van der Waals surface area (Å²) in [6, 6.07) is 97.7. The van der Waals surface area contributed by atoms with E-state index in [4.69, 9.17) is 0 Å². The van der Waals surface area contributed by atoms with E-state index in [0.717, 1.165) is 11.4 Å². The Labute approximate surface area is 381 Å². The van der Waals surface area contributed by atoms with E-state index in [-0.39, 0.29) is 0 Å². The molecule has 2 heterocycles. The summed E-state index contributed by atoms with van der Waals surface area (Å²) in [4.78, 5) is 5.14. The van der Waals surface area contributed by atoms with Gasteiger partial charge in [0.15, 0.2) is 8.07 Å². The van der Waals surface area contributed by atoms with Gasteiger partial charge in [0.2, 0.25) is 0 Å². The van der Waals surface area contributed by atoms with Crippen LogP contribution in [0.3, 0.4) is 0 Å². The summed E-state index contributed by atoms with van der Waals surface area (Å²) in [5, 5.41) is 5.55. The van der Waals surface area contributed by atoms with E-state index in [0.29, 0.717) is 0 Å². The van der Waals surface area contributed by atoms with E-state index < -0.39 is 13.5 Å². The van der Waals surface area contributed by atoms with Gasteiger partial charge in [0.25, 0.3) is 0 Å². The van der Waals surface area contributed by atoms with Crippen LogP contribution in [0, 0.1) is 0 Å². The van der Waals surface area contributed by atoms with Crippen LogP contribution >= 0.6 is 11.8 Å². The Balaban J connectivity index is 1.24.